The maximum absolute atomic E-state index is 10.9. The van der Waals surface area contributed by atoms with Gasteiger partial charge in [-0.15, -0.1) is 0 Å². The zero-order valence-electron chi connectivity index (χ0n) is 6.48. The van der Waals surface area contributed by atoms with Gasteiger partial charge in [-0.05, 0) is 13.3 Å². The number of amides is 1. The Balaban J connectivity index is 2.42. The lowest BCUT2D eigenvalue weighted by molar-refractivity contribution is -0.124. The van der Waals surface area contributed by atoms with Gasteiger partial charge in [-0.1, -0.05) is 6.92 Å². The van der Waals surface area contributed by atoms with E-state index in [-0.39, 0.29) is 12.1 Å². The fraction of sp³-hybridized carbons (Fsp3) is 0.857. The van der Waals surface area contributed by atoms with Crippen LogP contribution in [0, 0.1) is 0 Å². The third kappa shape index (κ3) is 1.70. The van der Waals surface area contributed by atoms with E-state index in [4.69, 9.17) is 0 Å². The second-order valence-corrected chi connectivity index (χ2v) is 2.80. The highest BCUT2D eigenvalue weighted by molar-refractivity contribution is 5.77. The molecule has 1 fully saturated rings. The van der Waals surface area contributed by atoms with Crippen LogP contribution in [0.15, 0.2) is 0 Å². The molecule has 3 nitrogen and oxygen atoms in total. The van der Waals surface area contributed by atoms with Gasteiger partial charge >= 0.3 is 0 Å². The molecule has 1 amide bonds. The van der Waals surface area contributed by atoms with Gasteiger partial charge in [0.25, 0.3) is 0 Å². The monoisotopic (exact) mass is 142 g/mol. The number of nitrogens with one attached hydrogen (secondary N) is 2. The van der Waals surface area contributed by atoms with Crippen LogP contribution in [0.25, 0.3) is 0 Å². The van der Waals surface area contributed by atoms with Gasteiger partial charge < -0.3 is 5.32 Å². The molecule has 2 atom stereocenters. The Labute approximate surface area is 61.2 Å². The molecule has 0 spiro atoms. The zero-order valence-corrected chi connectivity index (χ0v) is 6.48. The quantitative estimate of drug-likeness (QED) is 0.550. The summed E-state index contributed by atoms with van der Waals surface area (Å²) >= 11 is 0. The van der Waals surface area contributed by atoms with Gasteiger partial charge in [0.2, 0.25) is 5.91 Å². The largest absolute Gasteiger partial charge is 0.341 e. The highest BCUT2D eigenvalue weighted by Gasteiger charge is 2.20. The molecule has 1 aliphatic heterocycles. The highest BCUT2D eigenvalue weighted by atomic mass is 16.2. The van der Waals surface area contributed by atoms with E-state index in [1.54, 1.807) is 0 Å². The number of hydrogen-bond donors (Lipinski definition) is 2. The third-order valence-electron chi connectivity index (χ3n) is 1.72. The number of carbonyl (C=O) groups is 1. The van der Waals surface area contributed by atoms with E-state index in [1.165, 1.54) is 0 Å². The van der Waals surface area contributed by atoms with Crippen LogP contribution in [0.4, 0.5) is 0 Å². The summed E-state index contributed by atoms with van der Waals surface area (Å²) in [4.78, 5) is 10.9. The number of hydrogen-bond acceptors (Lipinski definition) is 2. The van der Waals surface area contributed by atoms with E-state index < -0.39 is 0 Å². The number of rotatable bonds is 1. The Morgan fingerprint density at radius 3 is 2.90 bits per heavy atom. The summed E-state index contributed by atoms with van der Waals surface area (Å²) in [5.41, 5.74) is 0. The average molecular weight is 142 g/mol. The maximum Gasteiger partial charge on any atom is 0.222 e. The van der Waals surface area contributed by atoms with Crippen molar-refractivity contribution in [3.63, 3.8) is 0 Å². The van der Waals surface area contributed by atoms with Crippen LogP contribution in [-0.2, 0) is 4.79 Å². The summed E-state index contributed by atoms with van der Waals surface area (Å²) in [7, 11) is 0. The SMILES string of the molecule is CCC1NC(=O)CC(C)N1. The van der Waals surface area contributed by atoms with Crippen LogP contribution in [0.5, 0.6) is 0 Å². The van der Waals surface area contributed by atoms with Crippen LogP contribution < -0.4 is 10.6 Å². The van der Waals surface area contributed by atoms with Gasteiger partial charge in [0.05, 0.1) is 6.17 Å². The van der Waals surface area contributed by atoms with Crippen LogP contribution in [0.3, 0.4) is 0 Å². The summed E-state index contributed by atoms with van der Waals surface area (Å²) < 4.78 is 0. The molecule has 1 rings (SSSR count). The Bertz CT molecular complexity index is 136. The fourth-order valence-electron chi connectivity index (χ4n) is 1.20. The van der Waals surface area contributed by atoms with Crippen LogP contribution in [-0.4, -0.2) is 18.1 Å². The van der Waals surface area contributed by atoms with Crippen LogP contribution in [0.2, 0.25) is 0 Å². The van der Waals surface area contributed by atoms with Crippen molar-refractivity contribution in [3.05, 3.63) is 0 Å². The summed E-state index contributed by atoms with van der Waals surface area (Å²) in [5, 5.41) is 6.11. The minimum atomic E-state index is 0.165. The zero-order chi connectivity index (χ0) is 7.56. The summed E-state index contributed by atoms with van der Waals surface area (Å²) in [6.07, 6.45) is 1.75. The molecule has 1 heterocycles. The van der Waals surface area contributed by atoms with E-state index in [9.17, 15) is 4.79 Å². The van der Waals surface area contributed by atoms with Crippen LogP contribution in [0.1, 0.15) is 26.7 Å². The molecular weight excluding hydrogens is 128 g/mol. The Morgan fingerprint density at radius 2 is 2.40 bits per heavy atom. The standard InChI is InChI=1S/C7H14N2O/c1-3-6-8-5(2)4-7(10)9-6/h5-6,8H,3-4H2,1-2H3,(H,9,10). The van der Waals surface area contributed by atoms with E-state index in [0.29, 0.717) is 12.5 Å². The molecule has 0 aromatic rings. The van der Waals surface area contributed by atoms with Gasteiger partial charge in [0.1, 0.15) is 0 Å². The minimum absolute atomic E-state index is 0.165. The molecule has 1 aliphatic rings. The lowest BCUT2D eigenvalue weighted by Crippen LogP contribution is -2.54. The second-order valence-electron chi connectivity index (χ2n) is 2.80. The average Bonchev–Trinajstić information content (AvgIpc) is 1.85. The number of carbonyl (C=O) groups excluding carboxylic acids is 1. The smallest absolute Gasteiger partial charge is 0.222 e. The van der Waals surface area contributed by atoms with Gasteiger partial charge in [0.15, 0.2) is 0 Å². The van der Waals surface area contributed by atoms with Crippen molar-refractivity contribution in [2.75, 3.05) is 0 Å². The molecule has 0 bridgehead atoms. The Kier molecular flexibility index (Phi) is 2.27. The molecule has 0 aliphatic carbocycles. The van der Waals surface area contributed by atoms with Gasteiger partial charge in [-0.2, -0.15) is 0 Å². The van der Waals surface area contributed by atoms with E-state index in [0.717, 1.165) is 6.42 Å². The summed E-state index contributed by atoms with van der Waals surface area (Å²) in [6, 6.07) is 0.332. The first kappa shape index (κ1) is 7.54. The lowest BCUT2D eigenvalue weighted by atomic mass is 10.1. The first-order chi connectivity index (χ1) is 4.72. The van der Waals surface area contributed by atoms with Gasteiger partial charge in [-0.25, -0.2) is 0 Å². The van der Waals surface area contributed by atoms with Gasteiger partial charge in [-0.3, -0.25) is 10.1 Å². The first-order valence-electron chi connectivity index (χ1n) is 3.77. The molecule has 3 heteroatoms. The molecule has 10 heavy (non-hydrogen) atoms. The summed E-state index contributed by atoms with van der Waals surface area (Å²) in [5.74, 6) is 0.165. The predicted molar refractivity (Wildman–Crippen MR) is 39.4 cm³/mol. The normalized spacial score (nSPS) is 33.6. The van der Waals surface area contributed by atoms with Crippen molar-refractivity contribution in [2.45, 2.75) is 38.9 Å². The predicted octanol–water partition coefficient (Wildman–Crippen LogP) is 0.220. The van der Waals surface area contributed by atoms with Crippen molar-refractivity contribution in [3.8, 4) is 0 Å². The molecule has 0 radical (unpaired) electrons. The molecule has 0 aromatic heterocycles. The Morgan fingerprint density at radius 1 is 1.70 bits per heavy atom. The fourth-order valence-corrected chi connectivity index (χ4v) is 1.20. The second kappa shape index (κ2) is 3.01. The topological polar surface area (TPSA) is 41.1 Å². The molecule has 58 valence electrons. The van der Waals surface area contributed by atoms with Gasteiger partial charge in [0, 0.05) is 12.5 Å². The van der Waals surface area contributed by atoms with Crippen molar-refractivity contribution in [1.82, 2.24) is 10.6 Å². The van der Waals surface area contributed by atoms with E-state index in [1.807, 2.05) is 6.92 Å². The van der Waals surface area contributed by atoms with E-state index in [2.05, 4.69) is 17.6 Å². The van der Waals surface area contributed by atoms with Crippen molar-refractivity contribution in [2.24, 2.45) is 0 Å². The molecule has 0 saturated carbocycles. The van der Waals surface area contributed by atoms with Crippen LogP contribution >= 0.6 is 0 Å². The minimum Gasteiger partial charge on any atom is -0.341 e. The Hall–Kier alpha value is -0.570. The molecule has 2 unspecified atom stereocenters. The molecular formula is C7H14N2O. The summed E-state index contributed by atoms with van der Waals surface area (Å²) in [6.45, 7) is 4.08. The third-order valence-corrected chi connectivity index (χ3v) is 1.72. The van der Waals surface area contributed by atoms with E-state index >= 15 is 0 Å². The lowest BCUT2D eigenvalue weighted by Gasteiger charge is -2.28. The highest BCUT2D eigenvalue weighted by Crippen LogP contribution is 2.01. The van der Waals surface area contributed by atoms with Crippen molar-refractivity contribution >= 4 is 5.91 Å². The molecule has 1 saturated heterocycles. The molecule has 2 N–H and O–H groups in total. The van der Waals surface area contributed by atoms with Crippen molar-refractivity contribution < 1.29 is 4.79 Å². The van der Waals surface area contributed by atoms with Crippen molar-refractivity contribution in [1.29, 1.82) is 0 Å². The molecule has 0 aromatic carbocycles. The maximum atomic E-state index is 10.9. The first-order valence-corrected chi connectivity index (χ1v) is 3.77.